The first-order valence-corrected chi connectivity index (χ1v) is 6.74. The number of benzene rings is 1. The summed E-state index contributed by atoms with van der Waals surface area (Å²) in [5, 5.41) is 5.59. The lowest BCUT2D eigenvalue weighted by Crippen LogP contribution is -2.22. The molecule has 0 saturated heterocycles. The van der Waals surface area contributed by atoms with Gasteiger partial charge in [-0.05, 0) is 36.2 Å². The minimum Gasteiger partial charge on any atom is -0.348 e. The fourth-order valence-corrected chi connectivity index (χ4v) is 2.24. The van der Waals surface area contributed by atoms with Gasteiger partial charge in [-0.1, -0.05) is 12.1 Å². The van der Waals surface area contributed by atoms with Crippen molar-refractivity contribution in [2.75, 3.05) is 5.32 Å². The molecule has 2 heterocycles. The Labute approximate surface area is 122 Å². The summed E-state index contributed by atoms with van der Waals surface area (Å²) in [4.78, 5) is 27.6. The molecule has 0 saturated carbocycles. The van der Waals surface area contributed by atoms with Crippen molar-refractivity contribution in [1.29, 1.82) is 0 Å². The lowest BCUT2D eigenvalue weighted by atomic mass is 10.1. The van der Waals surface area contributed by atoms with E-state index in [1.807, 2.05) is 25.1 Å². The molecule has 5 nitrogen and oxygen atoms in total. The maximum absolute atomic E-state index is 12.1. The Hall–Kier alpha value is -2.69. The van der Waals surface area contributed by atoms with E-state index < -0.39 is 0 Å². The van der Waals surface area contributed by atoms with Gasteiger partial charge in [-0.2, -0.15) is 0 Å². The van der Waals surface area contributed by atoms with Crippen molar-refractivity contribution in [3.63, 3.8) is 0 Å². The summed E-state index contributed by atoms with van der Waals surface area (Å²) in [6.45, 7) is 2.34. The van der Waals surface area contributed by atoms with Gasteiger partial charge in [0.1, 0.15) is 0 Å². The Morgan fingerprint density at radius 1 is 1.33 bits per heavy atom. The van der Waals surface area contributed by atoms with Crippen LogP contribution in [0, 0.1) is 6.92 Å². The van der Waals surface area contributed by atoms with Gasteiger partial charge < -0.3 is 10.6 Å². The first-order valence-electron chi connectivity index (χ1n) is 6.74. The van der Waals surface area contributed by atoms with Gasteiger partial charge in [-0.3, -0.25) is 14.6 Å². The number of carbonyl (C=O) groups is 2. The number of rotatable bonds is 3. The smallest absolute Gasteiger partial charge is 0.251 e. The summed E-state index contributed by atoms with van der Waals surface area (Å²) < 4.78 is 0. The number of aryl methyl sites for hydroxylation is 1. The third kappa shape index (κ3) is 2.91. The van der Waals surface area contributed by atoms with Crippen LogP contribution < -0.4 is 10.6 Å². The van der Waals surface area contributed by atoms with E-state index in [1.54, 1.807) is 18.3 Å². The number of carbonyl (C=O) groups excluding carboxylic acids is 2. The average Bonchev–Trinajstić information content (AvgIpc) is 2.85. The first kappa shape index (κ1) is 13.3. The number of hydrogen-bond acceptors (Lipinski definition) is 3. The van der Waals surface area contributed by atoms with E-state index in [-0.39, 0.29) is 11.8 Å². The number of nitrogens with zero attached hydrogens (tertiary/aromatic N) is 1. The second-order valence-corrected chi connectivity index (χ2v) is 5.09. The summed E-state index contributed by atoms with van der Waals surface area (Å²) in [6.07, 6.45) is 2.13. The van der Waals surface area contributed by atoms with Crippen molar-refractivity contribution < 1.29 is 9.59 Å². The molecule has 2 N–H and O–H groups in total. The Kier molecular flexibility index (Phi) is 3.39. The van der Waals surface area contributed by atoms with Gasteiger partial charge in [-0.15, -0.1) is 0 Å². The van der Waals surface area contributed by atoms with E-state index in [4.69, 9.17) is 0 Å². The molecular weight excluding hydrogens is 266 g/mol. The third-order valence-electron chi connectivity index (χ3n) is 3.42. The van der Waals surface area contributed by atoms with E-state index in [0.29, 0.717) is 18.5 Å². The van der Waals surface area contributed by atoms with Crippen LogP contribution in [0.2, 0.25) is 0 Å². The molecule has 0 fully saturated rings. The van der Waals surface area contributed by atoms with Gasteiger partial charge in [-0.25, -0.2) is 0 Å². The number of aromatic nitrogens is 1. The van der Waals surface area contributed by atoms with Crippen molar-refractivity contribution in [1.82, 2.24) is 10.3 Å². The highest BCUT2D eigenvalue weighted by atomic mass is 16.2. The summed E-state index contributed by atoms with van der Waals surface area (Å²) in [5.74, 6) is -0.201. The molecule has 2 amide bonds. The predicted octanol–water partition coefficient (Wildman–Crippen LogP) is 1.81. The number of nitrogens with one attached hydrogen (secondary N) is 2. The molecule has 0 atom stereocenters. The molecule has 0 bridgehead atoms. The molecule has 1 aliphatic rings. The predicted molar refractivity (Wildman–Crippen MR) is 78.9 cm³/mol. The van der Waals surface area contributed by atoms with Gasteiger partial charge in [0.25, 0.3) is 5.91 Å². The van der Waals surface area contributed by atoms with Crippen molar-refractivity contribution in [3.8, 4) is 0 Å². The van der Waals surface area contributed by atoms with Crippen LogP contribution in [0.5, 0.6) is 0 Å². The SMILES string of the molecule is Cc1ccc(CNC(=O)c2ccc3c(c2)NC(=O)C3)cn1. The van der Waals surface area contributed by atoms with Crippen LogP contribution in [0.25, 0.3) is 0 Å². The quantitative estimate of drug-likeness (QED) is 0.901. The first-order chi connectivity index (χ1) is 10.1. The Morgan fingerprint density at radius 3 is 2.95 bits per heavy atom. The van der Waals surface area contributed by atoms with Crippen LogP contribution in [-0.4, -0.2) is 16.8 Å². The molecular formula is C16H15N3O2. The Bertz CT molecular complexity index is 708. The molecule has 1 aromatic carbocycles. The van der Waals surface area contributed by atoms with Crippen molar-refractivity contribution in [2.24, 2.45) is 0 Å². The largest absolute Gasteiger partial charge is 0.348 e. The summed E-state index contributed by atoms with van der Waals surface area (Å²) >= 11 is 0. The zero-order valence-corrected chi connectivity index (χ0v) is 11.6. The Balaban J connectivity index is 1.67. The van der Waals surface area contributed by atoms with Crippen LogP contribution in [0.1, 0.15) is 27.2 Å². The maximum Gasteiger partial charge on any atom is 0.251 e. The van der Waals surface area contributed by atoms with Crippen LogP contribution in [0.15, 0.2) is 36.5 Å². The van der Waals surface area contributed by atoms with Gasteiger partial charge in [0.15, 0.2) is 0 Å². The number of pyridine rings is 1. The van der Waals surface area contributed by atoms with Gasteiger partial charge in [0.05, 0.1) is 6.42 Å². The van der Waals surface area contributed by atoms with Crippen LogP contribution >= 0.6 is 0 Å². The second-order valence-electron chi connectivity index (χ2n) is 5.09. The standard InChI is InChI=1S/C16H15N3O2/c1-10-2-3-11(8-17-10)9-18-16(21)13-5-4-12-7-15(20)19-14(12)6-13/h2-6,8H,7,9H2,1H3,(H,18,21)(H,19,20). The van der Waals surface area contributed by atoms with E-state index in [1.165, 1.54) is 0 Å². The molecule has 1 aliphatic heterocycles. The van der Waals surface area contributed by atoms with Gasteiger partial charge in [0, 0.05) is 29.7 Å². The lowest BCUT2D eigenvalue weighted by molar-refractivity contribution is -0.115. The van der Waals surface area contributed by atoms with E-state index >= 15 is 0 Å². The fourth-order valence-electron chi connectivity index (χ4n) is 2.24. The zero-order chi connectivity index (χ0) is 14.8. The number of anilines is 1. The summed E-state index contributed by atoms with van der Waals surface area (Å²) in [5.41, 5.74) is 4.09. The molecule has 0 radical (unpaired) electrons. The molecule has 2 aromatic rings. The normalized spacial score (nSPS) is 12.7. The van der Waals surface area contributed by atoms with Crippen molar-refractivity contribution >= 4 is 17.5 Å². The maximum atomic E-state index is 12.1. The molecule has 5 heteroatoms. The number of hydrogen-bond donors (Lipinski definition) is 2. The molecule has 0 aliphatic carbocycles. The summed E-state index contributed by atoms with van der Waals surface area (Å²) in [6, 6.07) is 9.11. The summed E-state index contributed by atoms with van der Waals surface area (Å²) in [7, 11) is 0. The Morgan fingerprint density at radius 2 is 2.19 bits per heavy atom. The minimum atomic E-state index is -0.167. The van der Waals surface area contributed by atoms with Crippen LogP contribution in [-0.2, 0) is 17.8 Å². The lowest BCUT2D eigenvalue weighted by Gasteiger charge is -2.07. The highest BCUT2D eigenvalue weighted by Crippen LogP contribution is 2.23. The third-order valence-corrected chi connectivity index (χ3v) is 3.42. The minimum absolute atomic E-state index is 0.0340. The molecule has 0 spiro atoms. The molecule has 1 aromatic heterocycles. The highest BCUT2D eigenvalue weighted by Gasteiger charge is 2.18. The molecule has 106 valence electrons. The number of fused-ring (bicyclic) bond motifs is 1. The molecule has 3 rings (SSSR count). The average molecular weight is 281 g/mol. The van der Waals surface area contributed by atoms with Gasteiger partial charge >= 0.3 is 0 Å². The highest BCUT2D eigenvalue weighted by molar-refractivity contribution is 6.02. The van der Waals surface area contributed by atoms with Crippen molar-refractivity contribution in [2.45, 2.75) is 19.9 Å². The fraction of sp³-hybridized carbons (Fsp3) is 0.188. The van der Waals surface area contributed by atoms with E-state index in [2.05, 4.69) is 15.6 Å². The van der Waals surface area contributed by atoms with Gasteiger partial charge in [0.2, 0.25) is 5.91 Å². The van der Waals surface area contributed by atoms with Crippen LogP contribution in [0.3, 0.4) is 0 Å². The molecule has 21 heavy (non-hydrogen) atoms. The van der Waals surface area contributed by atoms with Crippen molar-refractivity contribution in [3.05, 3.63) is 58.9 Å². The van der Waals surface area contributed by atoms with Crippen LogP contribution in [0.4, 0.5) is 5.69 Å². The number of amides is 2. The monoisotopic (exact) mass is 281 g/mol. The van der Waals surface area contributed by atoms with E-state index in [0.717, 1.165) is 22.5 Å². The molecule has 0 unspecified atom stereocenters. The second kappa shape index (κ2) is 5.36. The zero-order valence-electron chi connectivity index (χ0n) is 11.6. The van der Waals surface area contributed by atoms with E-state index in [9.17, 15) is 9.59 Å². The topological polar surface area (TPSA) is 71.1 Å².